The molecule has 3 nitrogen and oxygen atoms in total. The van der Waals surface area contributed by atoms with Gasteiger partial charge in [0.15, 0.2) is 0 Å². The van der Waals surface area contributed by atoms with Crippen molar-refractivity contribution in [3.05, 3.63) is 83.6 Å². The molecule has 1 fully saturated rings. The number of hydrogen-bond acceptors (Lipinski definition) is 4. The average Bonchev–Trinajstić information content (AvgIpc) is 2.75. The molecule has 1 unspecified atom stereocenters. The van der Waals surface area contributed by atoms with Gasteiger partial charge in [0.2, 0.25) is 0 Å². The fourth-order valence-corrected chi connectivity index (χ4v) is 5.33. The Labute approximate surface area is 188 Å². The average molecular weight is 447 g/mol. The summed E-state index contributed by atoms with van der Waals surface area (Å²) in [7, 11) is 0. The molecule has 1 saturated heterocycles. The zero-order valence-electron chi connectivity index (χ0n) is 18.3. The van der Waals surface area contributed by atoms with Gasteiger partial charge in [0, 0.05) is 50.3 Å². The molecule has 31 heavy (non-hydrogen) atoms. The molecule has 0 spiro atoms. The van der Waals surface area contributed by atoms with Crippen LogP contribution >= 0.6 is 11.8 Å². The maximum Gasteiger partial charge on any atom is 0.123 e. The number of aliphatic hydroxyl groups excluding tert-OH is 1. The summed E-state index contributed by atoms with van der Waals surface area (Å²) in [6, 6.07) is 13.5. The summed E-state index contributed by atoms with van der Waals surface area (Å²) in [5, 5.41) is 9.39. The maximum atomic E-state index is 13.4. The van der Waals surface area contributed by atoms with Crippen LogP contribution in [-0.2, 0) is 0 Å². The van der Waals surface area contributed by atoms with Crippen molar-refractivity contribution in [1.82, 2.24) is 9.80 Å². The van der Waals surface area contributed by atoms with Gasteiger partial charge in [-0.05, 0) is 48.2 Å². The first-order chi connectivity index (χ1) is 14.9. The van der Waals surface area contributed by atoms with E-state index in [-0.39, 0.29) is 29.4 Å². The highest BCUT2D eigenvalue weighted by molar-refractivity contribution is 7.99. The van der Waals surface area contributed by atoms with E-state index in [1.165, 1.54) is 24.3 Å². The fourth-order valence-electron chi connectivity index (χ4n) is 4.03. The quantitative estimate of drug-likeness (QED) is 0.591. The molecule has 168 valence electrons. The Morgan fingerprint density at radius 1 is 1.06 bits per heavy atom. The van der Waals surface area contributed by atoms with E-state index in [1.807, 2.05) is 6.92 Å². The molecule has 0 amide bonds. The third-order valence-electron chi connectivity index (χ3n) is 5.72. The summed E-state index contributed by atoms with van der Waals surface area (Å²) in [6.45, 7) is 12.2. The second kappa shape index (κ2) is 11.1. The van der Waals surface area contributed by atoms with Crippen molar-refractivity contribution in [3.8, 4) is 0 Å². The molecule has 2 aromatic rings. The van der Waals surface area contributed by atoms with Crippen molar-refractivity contribution >= 4 is 11.8 Å². The standard InChI is InChI=1S/C25H32F2N2OS/c1-18(17-30)14-29-19(2)15-28(16-20(29)3)12-13-31-25(21-4-8-23(26)9-5-21)22-6-10-24(27)11-7-22/h4-11,18,20,25,30H,2,12-17H2,1,3H3/t18?,20-/m0/s1. The Bertz CT molecular complexity index is 798. The Hall–Kier alpha value is -1.89. The second-order valence-electron chi connectivity index (χ2n) is 8.44. The molecule has 1 N–H and O–H groups in total. The lowest BCUT2D eigenvalue weighted by Crippen LogP contribution is -2.51. The number of halogens is 2. The van der Waals surface area contributed by atoms with Gasteiger partial charge in [0.05, 0.1) is 5.25 Å². The van der Waals surface area contributed by atoms with E-state index in [9.17, 15) is 13.9 Å². The van der Waals surface area contributed by atoms with Crippen LogP contribution in [0.1, 0.15) is 30.2 Å². The van der Waals surface area contributed by atoms with Crippen molar-refractivity contribution in [1.29, 1.82) is 0 Å². The number of nitrogens with zero attached hydrogens (tertiary/aromatic N) is 2. The van der Waals surface area contributed by atoms with Crippen molar-refractivity contribution < 1.29 is 13.9 Å². The van der Waals surface area contributed by atoms with Crippen molar-refractivity contribution in [2.75, 3.05) is 38.5 Å². The fraction of sp³-hybridized carbons (Fsp3) is 0.440. The molecular weight excluding hydrogens is 414 g/mol. The number of benzene rings is 2. The molecule has 2 atom stereocenters. The summed E-state index contributed by atoms with van der Waals surface area (Å²) < 4.78 is 26.8. The second-order valence-corrected chi connectivity index (χ2v) is 9.66. The van der Waals surface area contributed by atoms with Crippen LogP contribution in [0.2, 0.25) is 0 Å². The normalized spacial score (nSPS) is 18.6. The zero-order valence-corrected chi connectivity index (χ0v) is 19.1. The maximum absolute atomic E-state index is 13.4. The van der Waals surface area contributed by atoms with Crippen LogP contribution in [0.5, 0.6) is 0 Å². The lowest BCUT2D eigenvalue weighted by atomic mass is 10.0. The zero-order chi connectivity index (χ0) is 22.4. The number of thioether (sulfide) groups is 1. The highest BCUT2D eigenvalue weighted by Gasteiger charge is 2.27. The van der Waals surface area contributed by atoms with E-state index in [4.69, 9.17) is 0 Å². The van der Waals surface area contributed by atoms with Gasteiger partial charge in [-0.25, -0.2) is 8.78 Å². The molecule has 0 radical (unpaired) electrons. The Morgan fingerprint density at radius 3 is 2.10 bits per heavy atom. The molecule has 0 aromatic heterocycles. The monoisotopic (exact) mass is 446 g/mol. The smallest absolute Gasteiger partial charge is 0.123 e. The van der Waals surface area contributed by atoms with Crippen LogP contribution in [-0.4, -0.2) is 59.5 Å². The van der Waals surface area contributed by atoms with Gasteiger partial charge in [-0.2, -0.15) is 0 Å². The van der Waals surface area contributed by atoms with E-state index in [0.717, 1.165) is 48.8 Å². The molecular formula is C25H32F2N2OS. The SMILES string of the molecule is C=C1CN(CCSC(c2ccc(F)cc2)c2ccc(F)cc2)C[C@H](C)N1CC(C)CO. The molecule has 2 aromatic carbocycles. The van der Waals surface area contributed by atoms with E-state index in [2.05, 4.69) is 23.3 Å². The van der Waals surface area contributed by atoms with Crippen LogP contribution in [0.3, 0.4) is 0 Å². The minimum Gasteiger partial charge on any atom is -0.396 e. The van der Waals surface area contributed by atoms with Crippen LogP contribution in [0.4, 0.5) is 8.78 Å². The summed E-state index contributed by atoms with van der Waals surface area (Å²) in [5.41, 5.74) is 3.12. The number of aliphatic hydroxyl groups is 1. The minimum atomic E-state index is -0.257. The Kier molecular flexibility index (Phi) is 8.52. The molecule has 0 saturated carbocycles. The largest absolute Gasteiger partial charge is 0.396 e. The first-order valence-electron chi connectivity index (χ1n) is 10.8. The molecule has 0 aliphatic carbocycles. The predicted octanol–water partition coefficient (Wildman–Crippen LogP) is 4.94. The van der Waals surface area contributed by atoms with Crippen LogP contribution in [0.25, 0.3) is 0 Å². The summed E-state index contributed by atoms with van der Waals surface area (Å²) in [4.78, 5) is 4.72. The van der Waals surface area contributed by atoms with Gasteiger partial charge in [0.1, 0.15) is 11.6 Å². The third-order valence-corrected chi connectivity index (χ3v) is 7.02. The number of hydrogen-bond donors (Lipinski definition) is 1. The van der Waals surface area contributed by atoms with Gasteiger partial charge in [-0.15, -0.1) is 11.8 Å². The molecule has 0 bridgehead atoms. The number of piperazine rings is 1. The highest BCUT2D eigenvalue weighted by atomic mass is 32.2. The van der Waals surface area contributed by atoms with Crippen LogP contribution in [0.15, 0.2) is 60.8 Å². The van der Waals surface area contributed by atoms with Crippen molar-refractivity contribution in [2.45, 2.75) is 25.1 Å². The minimum absolute atomic E-state index is 0.0218. The lowest BCUT2D eigenvalue weighted by Gasteiger charge is -2.43. The lowest BCUT2D eigenvalue weighted by molar-refractivity contribution is 0.104. The molecule has 3 rings (SSSR count). The van der Waals surface area contributed by atoms with Gasteiger partial charge >= 0.3 is 0 Å². The summed E-state index contributed by atoms with van der Waals surface area (Å²) in [5.74, 6) is 0.611. The van der Waals surface area contributed by atoms with Crippen molar-refractivity contribution in [2.24, 2.45) is 5.92 Å². The molecule has 1 heterocycles. The van der Waals surface area contributed by atoms with E-state index < -0.39 is 0 Å². The first-order valence-corrected chi connectivity index (χ1v) is 11.8. The Balaban J connectivity index is 1.61. The first kappa shape index (κ1) is 23.8. The topological polar surface area (TPSA) is 26.7 Å². The summed E-state index contributed by atoms with van der Waals surface area (Å²) >= 11 is 1.79. The predicted molar refractivity (Wildman–Crippen MR) is 125 cm³/mol. The Morgan fingerprint density at radius 2 is 1.61 bits per heavy atom. The highest BCUT2D eigenvalue weighted by Crippen LogP contribution is 2.36. The van der Waals surface area contributed by atoms with Gasteiger partial charge < -0.3 is 10.0 Å². The molecule has 1 aliphatic heterocycles. The van der Waals surface area contributed by atoms with E-state index in [1.54, 1.807) is 36.0 Å². The van der Waals surface area contributed by atoms with Crippen molar-refractivity contribution in [3.63, 3.8) is 0 Å². The number of rotatable bonds is 9. The third kappa shape index (κ3) is 6.55. The molecule has 1 aliphatic rings. The van der Waals surface area contributed by atoms with E-state index in [0.29, 0.717) is 6.04 Å². The van der Waals surface area contributed by atoms with Crippen LogP contribution < -0.4 is 0 Å². The summed E-state index contributed by atoms with van der Waals surface area (Å²) in [6.07, 6.45) is 0. The van der Waals surface area contributed by atoms with Crippen LogP contribution in [0, 0.1) is 17.6 Å². The van der Waals surface area contributed by atoms with Gasteiger partial charge in [-0.1, -0.05) is 37.8 Å². The molecule has 6 heteroatoms. The van der Waals surface area contributed by atoms with Gasteiger partial charge in [-0.3, -0.25) is 4.90 Å². The van der Waals surface area contributed by atoms with Gasteiger partial charge in [0.25, 0.3) is 0 Å². The van der Waals surface area contributed by atoms with E-state index >= 15 is 0 Å².